The minimum absolute atomic E-state index is 0.162. The largest absolute Gasteiger partial charge is 0.497 e. The molecule has 2 unspecified atom stereocenters. The summed E-state index contributed by atoms with van der Waals surface area (Å²) in [5.74, 6) is 3.22. The molecule has 0 saturated heterocycles. The predicted molar refractivity (Wildman–Crippen MR) is 183 cm³/mol. The van der Waals surface area contributed by atoms with Gasteiger partial charge in [0.05, 0.1) is 19.3 Å². The lowest BCUT2D eigenvalue weighted by Gasteiger charge is -2.27. The molecule has 4 aromatic rings. The van der Waals surface area contributed by atoms with Crippen molar-refractivity contribution >= 4 is 0 Å². The van der Waals surface area contributed by atoms with Gasteiger partial charge in [0.2, 0.25) is 0 Å². The fourth-order valence-electron chi connectivity index (χ4n) is 5.48. The van der Waals surface area contributed by atoms with Crippen molar-refractivity contribution in [3.05, 3.63) is 119 Å². The topological polar surface area (TPSA) is 57.2 Å². The van der Waals surface area contributed by atoms with Gasteiger partial charge in [0, 0.05) is 17.3 Å². The molecule has 0 heterocycles. The second kappa shape index (κ2) is 14.0. The van der Waals surface area contributed by atoms with E-state index in [4.69, 9.17) is 18.9 Å². The number of benzene rings is 4. The van der Waals surface area contributed by atoms with E-state index in [1.54, 1.807) is 7.11 Å². The van der Waals surface area contributed by atoms with Crippen LogP contribution in [0.2, 0.25) is 0 Å². The highest BCUT2D eigenvalue weighted by Crippen LogP contribution is 2.35. The number of aliphatic hydroxyl groups is 1. The van der Waals surface area contributed by atoms with Gasteiger partial charge < -0.3 is 24.1 Å². The summed E-state index contributed by atoms with van der Waals surface area (Å²) in [7, 11) is 1.68. The number of ether oxygens (including phenoxy) is 4. The van der Waals surface area contributed by atoms with Crippen LogP contribution < -0.4 is 18.9 Å². The zero-order valence-corrected chi connectivity index (χ0v) is 28.4. The third-order valence-electron chi connectivity index (χ3n) is 8.35. The van der Waals surface area contributed by atoms with Crippen molar-refractivity contribution in [2.45, 2.75) is 90.4 Å². The molecule has 0 amide bonds. The molecule has 0 aliphatic rings. The SMILES string of the molecule is COc1ccc(C(C)(C)c2ccc(OC(C)CC(O)COc3ccc(C(C)(C)c4ccc(OC(C)(C)C)cc4)cc3)cc2)cc1. The molecule has 240 valence electrons. The van der Waals surface area contributed by atoms with Gasteiger partial charge in [-0.25, -0.2) is 0 Å². The quantitative estimate of drug-likeness (QED) is 0.164. The molecule has 0 bridgehead atoms. The smallest absolute Gasteiger partial charge is 0.120 e. The summed E-state index contributed by atoms with van der Waals surface area (Å²) in [6, 6.07) is 32.8. The minimum atomic E-state index is -0.654. The molecule has 45 heavy (non-hydrogen) atoms. The van der Waals surface area contributed by atoms with Crippen LogP contribution >= 0.6 is 0 Å². The Balaban J connectivity index is 1.26. The van der Waals surface area contributed by atoms with E-state index in [0.717, 1.165) is 23.0 Å². The molecule has 0 aromatic heterocycles. The number of hydrogen-bond acceptors (Lipinski definition) is 5. The van der Waals surface area contributed by atoms with Crippen molar-refractivity contribution in [2.24, 2.45) is 0 Å². The van der Waals surface area contributed by atoms with E-state index < -0.39 is 6.10 Å². The second-order valence-corrected chi connectivity index (χ2v) is 13.9. The van der Waals surface area contributed by atoms with Crippen LogP contribution in [0.3, 0.4) is 0 Å². The van der Waals surface area contributed by atoms with Crippen molar-refractivity contribution in [3.63, 3.8) is 0 Å². The first-order valence-electron chi connectivity index (χ1n) is 15.8. The van der Waals surface area contributed by atoms with Gasteiger partial charge in [-0.05, 0) is 98.5 Å². The fourth-order valence-corrected chi connectivity index (χ4v) is 5.48. The molecule has 0 spiro atoms. The van der Waals surface area contributed by atoms with Crippen LogP contribution in [-0.2, 0) is 10.8 Å². The van der Waals surface area contributed by atoms with E-state index in [9.17, 15) is 5.11 Å². The van der Waals surface area contributed by atoms with Crippen molar-refractivity contribution in [3.8, 4) is 23.0 Å². The zero-order valence-electron chi connectivity index (χ0n) is 28.4. The van der Waals surface area contributed by atoms with E-state index in [2.05, 4.69) is 76.2 Å². The summed E-state index contributed by atoms with van der Waals surface area (Å²) in [6.07, 6.45) is -0.371. The number of hydrogen-bond donors (Lipinski definition) is 1. The molecule has 5 nitrogen and oxygen atoms in total. The summed E-state index contributed by atoms with van der Waals surface area (Å²) < 4.78 is 23.3. The normalized spacial score (nSPS) is 13.6. The van der Waals surface area contributed by atoms with Gasteiger partial charge in [-0.15, -0.1) is 0 Å². The lowest BCUT2D eigenvalue weighted by Crippen LogP contribution is -2.25. The molecule has 2 atom stereocenters. The monoisotopic (exact) mass is 610 g/mol. The van der Waals surface area contributed by atoms with E-state index in [1.807, 2.05) is 76.2 Å². The highest BCUT2D eigenvalue weighted by molar-refractivity contribution is 5.43. The Bertz CT molecular complexity index is 1480. The van der Waals surface area contributed by atoms with E-state index in [0.29, 0.717) is 6.42 Å². The molecular weight excluding hydrogens is 560 g/mol. The first-order valence-corrected chi connectivity index (χ1v) is 15.8. The lowest BCUT2D eigenvalue weighted by atomic mass is 9.78. The molecule has 0 fully saturated rings. The summed E-state index contributed by atoms with van der Waals surface area (Å²) in [4.78, 5) is 0. The fraction of sp³-hybridized carbons (Fsp3) is 0.400. The Morgan fingerprint density at radius 3 is 1.33 bits per heavy atom. The van der Waals surface area contributed by atoms with E-state index >= 15 is 0 Å². The molecule has 5 heteroatoms. The zero-order chi connectivity index (χ0) is 32.8. The summed E-state index contributed by atoms with van der Waals surface area (Å²) in [5, 5.41) is 10.7. The first-order chi connectivity index (χ1) is 21.2. The van der Waals surface area contributed by atoms with Crippen molar-refractivity contribution in [2.75, 3.05) is 13.7 Å². The van der Waals surface area contributed by atoms with Crippen molar-refractivity contribution in [1.29, 1.82) is 0 Å². The van der Waals surface area contributed by atoms with Crippen LogP contribution in [0.4, 0.5) is 0 Å². The average molecular weight is 611 g/mol. The van der Waals surface area contributed by atoms with Gasteiger partial charge in [0.25, 0.3) is 0 Å². The van der Waals surface area contributed by atoms with Crippen LogP contribution in [0.15, 0.2) is 97.1 Å². The van der Waals surface area contributed by atoms with Gasteiger partial charge in [0.1, 0.15) is 35.2 Å². The molecule has 4 aromatic carbocycles. The Kier molecular flexibility index (Phi) is 10.5. The van der Waals surface area contributed by atoms with Gasteiger partial charge in [0.15, 0.2) is 0 Å². The molecule has 4 rings (SSSR count). The Labute approximate surface area is 270 Å². The van der Waals surface area contributed by atoms with Gasteiger partial charge in [-0.1, -0.05) is 76.2 Å². The maximum absolute atomic E-state index is 10.7. The highest BCUT2D eigenvalue weighted by atomic mass is 16.5. The summed E-state index contributed by atoms with van der Waals surface area (Å²) in [6.45, 7) is 17.2. The van der Waals surface area contributed by atoms with Crippen LogP contribution in [0.25, 0.3) is 0 Å². The number of aliphatic hydroxyl groups excluding tert-OH is 1. The maximum atomic E-state index is 10.7. The maximum Gasteiger partial charge on any atom is 0.120 e. The standard InChI is InChI=1S/C40H50O5/c1-28(44-36-22-14-31(15-23-36)39(5,6)29-10-18-34(42-9)19-11-29)26-33(41)27-43-35-20-12-30(13-21-35)40(7,8)32-16-24-37(25-17-32)45-38(2,3)4/h10-25,28,33,41H,26-27H2,1-9H3. The number of methoxy groups -OCH3 is 1. The minimum Gasteiger partial charge on any atom is -0.497 e. The second-order valence-electron chi connectivity index (χ2n) is 13.9. The molecule has 0 aliphatic carbocycles. The Hall–Kier alpha value is -3.96. The molecule has 1 N–H and O–H groups in total. The average Bonchev–Trinajstić information content (AvgIpc) is 3.00. The molecule has 0 saturated carbocycles. The molecule has 0 aliphatic heterocycles. The van der Waals surface area contributed by atoms with Crippen LogP contribution in [-0.4, -0.2) is 36.6 Å². The summed E-state index contributed by atoms with van der Waals surface area (Å²) >= 11 is 0. The first kappa shape index (κ1) is 33.9. The Morgan fingerprint density at radius 2 is 0.933 bits per heavy atom. The molecular formula is C40H50O5. The van der Waals surface area contributed by atoms with Gasteiger partial charge in [-0.3, -0.25) is 0 Å². The lowest BCUT2D eigenvalue weighted by molar-refractivity contribution is 0.0636. The van der Waals surface area contributed by atoms with Crippen LogP contribution in [0.5, 0.6) is 23.0 Å². The van der Waals surface area contributed by atoms with Gasteiger partial charge >= 0.3 is 0 Å². The highest BCUT2D eigenvalue weighted by Gasteiger charge is 2.25. The Morgan fingerprint density at radius 1 is 0.556 bits per heavy atom. The third-order valence-corrected chi connectivity index (χ3v) is 8.35. The predicted octanol–water partition coefficient (Wildman–Crippen LogP) is 9.12. The summed E-state index contributed by atoms with van der Waals surface area (Å²) in [5.41, 5.74) is 4.22. The van der Waals surface area contributed by atoms with E-state index in [1.165, 1.54) is 22.3 Å². The van der Waals surface area contributed by atoms with Crippen molar-refractivity contribution < 1.29 is 24.1 Å². The third kappa shape index (κ3) is 9.04. The van der Waals surface area contributed by atoms with E-state index in [-0.39, 0.29) is 29.1 Å². The number of rotatable bonds is 13. The van der Waals surface area contributed by atoms with Crippen LogP contribution in [0, 0.1) is 0 Å². The van der Waals surface area contributed by atoms with Crippen molar-refractivity contribution in [1.82, 2.24) is 0 Å². The molecule has 0 radical (unpaired) electrons. The van der Waals surface area contributed by atoms with Gasteiger partial charge in [-0.2, -0.15) is 0 Å². The van der Waals surface area contributed by atoms with Crippen LogP contribution in [0.1, 0.15) is 84.1 Å².